The number of carbonyl (C=O) groups excluding carboxylic acids is 1. The molecule has 0 radical (unpaired) electrons. The fraction of sp³-hybridized carbons (Fsp3) is 0.667. The first-order valence-electron chi connectivity index (χ1n) is 4.76. The van der Waals surface area contributed by atoms with E-state index in [-0.39, 0.29) is 11.9 Å². The molecule has 84 valence electrons. The molecule has 0 aromatic carbocycles. The van der Waals surface area contributed by atoms with Crippen LogP contribution in [0.3, 0.4) is 0 Å². The van der Waals surface area contributed by atoms with Gasteiger partial charge in [-0.1, -0.05) is 27.3 Å². The molecule has 0 aliphatic rings. The number of aromatic nitrogens is 2. The minimum Gasteiger partial charge on any atom is -0.337 e. The number of alkyl halides is 1. The quantitative estimate of drug-likeness (QED) is 0.797. The number of nitrogens with zero attached hydrogens (tertiary/aromatic N) is 3. The largest absolute Gasteiger partial charge is 0.337 e. The number of rotatable bonds is 4. The monoisotopic (exact) mass is 291 g/mol. The van der Waals surface area contributed by atoms with E-state index in [2.05, 4.69) is 25.5 Å². The second kappa shape index (κ2) is 5.55. The number of carbonyl (C=O) groups is 1. The van der Waals surface area contributed by atoms with Gasteiger partial charge < -0.3 is 4.90 Å². The number of hydrogen-bond acceptors (Lipinski definition) is 4. The molecule has 0 spiro atoms. The lowest BCUT2D eigenvalue weighted by Crippen LogP contribution is -2.36. The van der Waals surface area contributed by atoms with E-state index >= 15 is 0 Å². The Balaban J connectivity index is 2.84. The minimum absolute atomic E-state index is 0.00815. The smallest absolute Gasteiger partial charge is 0.267 e. The summed E-state index contributed by atoms with van der Waals surface area (Å²) in [5, 5.41) is 4.70. The van der Waals surface area contributed by atoms with Crippen molar-refractivity contribution in [1.82, 2.24) is 14.5 Å². The van der Waals surface area contributed by atoms with E-state index in [4.69, 9.17) is 0 Å². The van der Waals surface area contributed by atoms with Gasteiger partial charge in [0, 0.05) is 18.4 Å². The van der Waals surface area contributed by atoms with Crippen molar-refractivity contribution in [3.8, 4) is 0 Å². The van der Waals surface area contributed by atoms with Crippen LogP contribution in [-0.4, -0.2) is 38.8 Å². The van der Waals surface area contributed by atoms with Gasteiger partial charge in [0.25, 0.3) is 5.91 Å². The zero-order chi connectivity index (χ0) is 11.4. The van der Waals surface area contributed by atoms with Crippen LogP contribution in [0, 0.1) is 0 Å². The fourth-order valence-corrected chi connectivity index (χ4v) is 2.23. The molecule has 1 unspecified atom stereocenters. The highest BCUT2D eigenvalue weighted by Gasteiger charge is 2.21. The molecule has 1 aromatic rings. The van der Waals surface area contributed by atoms with Crippen LogP contribution in [0.1, 0.15) is 29.2 Å². The van der Waals surface area contributed by atoms with Gasteiger partial charge in [-0.05, 0) is 24.9 Å². The first kappa shape index (κ1) is 12.6. The van der Waals surface area contributed by atoms with Crippen molar-refractivity contribution < 1.29 is 4.79 Å². The second-order valence-corrected chi connectivity index (χ2v) is 4.72. The van der Waals surface area contributed by atoms with Crippen LogP contribution < -0.4 is 0 Å². The molecule has 0 N–H and O–H groups in total. The standard InChI is InChI=1S/C9H14BrN3OS/c1-4-7-8(15-12-11-7)9(14)13(3)6(2)5-10/h6H,4-5H2,1-3H3. The zero-order valence-corrected chi connectivity index (χ0v) is 11.4. The molecular weight excluding hydrogens is 278 g/mol. The molecule has 1 heterocycles. The molecule has 6 heteroatoms. The Morgan fingerprint density at radius 2 is 2.33 bits per heavy atom. The van der Waals surface area contributed by atoms with E-state index in [0.29, 0.717) is 4.88 Å². The molecule has 1 rings (SSSR count). The van der Waals surface area contributed by atoms with E-state index in [9.17, 15) is 4.79 Å². The van der Waals surface area contributed by atoms with Gasteiger partial charge >= 0.3 is 0 Å². The Labute approximate surface area is 102 Å². The Bertz CT molecular complexity index is 342. The van der Waals surface area contributed by atoms with Crippen LogP contribution >= 0.6 is 27.5 Å². The second-order valence-electron chi connectivity index (χ2n) is 3.32. The molecule has 1 amide bonds. The average Bonchev–Trinajstić information content (AvgIpc) is 2.73. The van der Waals surface area contributed by atoms with E-state index < -0.39 is 0 Å². The molecule has 15 heavy (non-hydrogen) atoms. The molecule has 1 atom stereocenters. The third-order valence-corrected chi connectivity index (χ3v) is 3.98. The van der Waals surface area contributed by atoms with Gasteiger partial charge in [0.05, 0.1) is 5.69 Å². The SMILES string of the molecule is CCc1nnsc1C(=O)N(C)C(C)CBr. The summed E-state index contributed by atoms with van der Waals surface area (Å²) in [6.07, 6.45) is 0.744. The van der Waals surface area contributed by atoms with Gasteiger partial charge in [-0.3, -0.25) is 4.79 Å². The molecule has 0 fully saturated rings. The molecule has 1 aromatic heterocycles. The maximum atomic E-state index is 12.0. The van der Waals surface area contributed by atoms with Crippen LogP contribution in [-0.2, 0) is 6.42 Å². The summed E-state index contributed by atoms with van der Waals surface area (Å²) in [7, 11) is 1.80. The maximum Gasteiger partial charge on any atom is 0.267 e. The van der Waals surface area contributed by atoms with Crippen LogP contribution in [0.25, 0.3) is 0 Å². The molecule has 0 aliphatic heterocycles. The van der Waals surface area contributed by atoms with Crippen LogP contribution in [0.5, 0.6) is 0 Å². The third kappa shape index (κ3) is 2.75. The Morgan fingerprint density at radius 3 is 2.87 bits per heavy atom. The van der Waals surface area contributed by atoms with Gasteiger partial charge in [-0.2, -0.15) is 0 Å². The van der Waals surface area contributed by atoms with Crippen LogP contribution in [0.15, 0.2) is 0 Å². The fourth-order valence-electron chi connectivity index (χ4n) is 1.07. The summed E-state index contributed by atoms with van der Waals surface area (Å²) in [6, 6.07) is 0.171. The predicted octanol–water partition coefficient (Wildman–Crippen LogP) is 1.96. The van der Waals surface area contributed by atoms with Crippen molar-refractivity contribution in [3.63, 3.8) is 0 Å². The third-order valence-electron chi connectivity index (χ3n) is 2.29. The summed E-state index contributed by atoms with van der Waals surface area (Å²) < 4.78 is 3.81. The number of aryl methyl sites for hydroxylation is 1. The number of hydrogen-bond donors (Lipinski definition) is 0. The van der Waals surface area contributed by atoms with E-state index in [0.717, 1.165) is 17.4 Å². The van der Waals surface area contributed by atoms with Crippen molar-refractivity contribution >= 4 is 33.4 Å². The van der Waals surface area contributed by atoms with E-state index in [1.54, 1.807) is 11.9 Å². The molecule has 0 saturated heterocycles. The Morgan fingerprint density at radius 1 is 1.67 bits per heavy atom. The lowest BCUT2D eigenvalue weighted by molar-refractivity contribution is 0.0761. The maximum absolute atomic E-state index is 12.0. The summed E-state index contributed by atoms with van der Waals surface area (Å²) in [5.41, 5.74) is 0.790. The van der Waals surface area contributed by atoms with Gasteiger partial charge in [0.2, 0.25) is 0 Å². The number of halogens is 1. The summed E-state index contributed by atoms with van der Waals surface area (Å²) in [6.45, 7) is 3.97. The van der Waals surface area contributed by atoms with Crippen molar-refractivity contribution in [2.75, 3.05) is 12.4 Å². The summed E-state index contributed by atoms with van der Waals surface area (Å²) >= 11 is 4.53. The van der Waals surface area contributed by atoms with Gasteiger partial charge in [0.1, 0.15) is 4.88 Å². The molecule has 0 saturated carbocycles. The van der Waals surface area contributed by atoms with Gasteiger partial charge in [-0.15, -0.1) is 5.10 Å². The van der Waals surface area contributed by atoms with E-state index in [1.165, 1.54) is 11.5 Å². The normalized spacial score (nSPS) is 12.5. The molecular formula is C9H14BrN3OS. The summed E-state index contributed by atoms with van der Waals surface area (Å²) in [4.78, 5) is 14.4. The van der Waals surface area contributed by atoms with Crippen LogP contribution in [0.4, 0.5) is 0 Å². The highest BCUT2D eigenvalue weighted by molar-refractivity contribution is 9.09. The van der Waals surface area contributed by atoms with Crippen LogP contribution in [0.2, 0.25) is 0 Å². The lowest BCUT2D eigenvalue weighted by Gasteiger charge is -2.22. The first-order valence-corrected chi connectivity index (χ1v) is 6.65. The van der Waals surface area contributed by atoms with Crippen molar-refractivity contribution in [1.29, 1.82) is 0 Å². The van der Waals surface area contributed by atoms with Crippen molar-refractivity contribution in [2.45, 2.75) is 26.3 Å². The Kier molecular flexibility index (Phi) is 4.66. The zero-order valence-electron chi connectivity index (χ0n) is 9.03. The topological polar surface area (TPSA) is 46.1 Å². The van der Waals surface area contributed by atoms with Crippen molar-refractivity contribution in [3.05, 3.63) is 10.6 Å². The predicted molar refractivity (Wildman–Crippen MR) is 64.6 cm³/mol. The first-order chi connectivity index (χ1) is 7.11. The van der Waals surface area contributed by atoms with E-state index in [1.807, 2.05) is 13.8 Å². The molecule has 0 aliphatic carbocycles. The Hall–Kier alpha value is -0.490. The lowest BCUT2D eigenvalue weighted by atomic mass is 10.2. The van der Waals surface area contributed by atoms with Gasteiger partial charge in [-0.25, -0.2) is 0 Å². The molecule has 4 nitrogen and oxygen atoms in total. The highest BCUT2D eigenvalue weighted by atomic mass is 79.9. The van der Waals surface area contributed by atoms with Crippen molar-refractivity contribution in [2.24, 2.45) is 0 Å². The average molecular weight is 292 g/mol. The molecule has 0 bridgehead atoms. The minimum atomic E-state index is 0.00815. The summed E-state index contributed by atoms with van der Waals surface area (Å²) in [5.74, 6) is 0.00815. The number of amides is 1. The highest BCUT2D eigenvalue weighted by Crippen LogP contribution is 2.15. The van der Waals surface area contributed by atoms with Gasteiger partial charge in [0.15, 0.2) is 0 Å².